The van der Waals surface area contributed by atoms with Gasteiger partial charge in [0.05, 0.1) is 32.0 Å². The van der Waals surface area contributed by atoms with Crippen LogP contribution in [0.3, 0.4) is 0 Å². The number of ether oxygens (including phenoxy) is 2. The molecule has 3 unspecified atom stereocenters. The summed E-state index contributed by atoms with van der Waals surface area (Å²) >= 11 is 0. The summed E-state index contributed by atoms with van der Waals surface area (Å²) in [7, 11) is 0. The van der Waals surface area contributed by atoms with Gasteiger partial charge in [-0.2, -0.15) is 0 Å². The van der Waals surface area contributed by atoms with Crippen LogP contribution in [0.5, 0.6) is 0 Å². The molecule has 3 aliphatic rings. The van der Waals surface area contributed by atoms with Crippen molar-refractivity contribution in [2.24, 2.45) is 0 Å². The maximum absolute atomic E-state index is 12.8. The van der Waals surface area contributed by atoms with Gasteiger partial charge in [0.1, 0.15) is 0 Å². The van der Waals surface area contributed by atoms with Crippen LogP contribution >= 0.6 is 0 Å². The second-order valence-electron chi connectivity index (χ2n) is 5.86. The first-order valence-corrected chi connectivity index (χ1v) is 7.68. The smallest absolute Gasteiger partial charge is 0.328 e. The molecule has 7 nitrogen and oxygen atoms in total. The zero-order chi connectivity index (χ0) is 14.8. The second-order valence-corrected chi connectivity index (χ2v) is 5.86. The molecular weight excluding hydrogens is 276 g/mol. The SMILES string of the molecule is O=C(O)C1COCCN1C(=O)N1CCOC2CCCCC21. The van der Waals surface area contributed by atoms with Gasteiger partial charge < -0.3 is 24.4 Å². The molecule has 0 aromatic heterocycles. The van der Waals surface area contributed by atoms with E-state index in [1.165, 1.54) is 4.90 Å². The standard InChI is InChI=1S/C14H22N2O5/c17-13(18)11-9-20-7-5-16(11)14(19)15-6-8-21-12-4-2-1-3-10(12)15/h10-12H,1-9H2,(H,17,18). The first-order valence-electron chi connectivity index (χ1n) is 7.68. The summed E-state index contributed by atoms with van der Waals surface area (Å²) in [6, 6.07) is -0.959. The van der Waals surface area contributed by atoms with E-state index in [9.17, 15) is 14.7 Å². The highest BCUT2D eigenvalue weighted by Gasteiger charge is 2.41. The van der Waals surface area contributed by atoms with Crippen molar-refractivity contribution < 1.29 is 24.2 Å². The highest BCUT2D eigenvalue weighted by atomic mass is 16.5. The van der Waals surface area contributed by atoms with E-state index in [1.807, 2.05) is 4.90 Å². The fourth-order valence-electron chi connectivity index (χ4n) is 3.54. The highest BCUT2D eigenvalue weighted by molar-refractivity contribution is 5.83. The van der Waals surface area contributed by atoms with Crippen molar-refractivity contribution in [2.45, 2.75) is 43.9 Å². The molecule has 1 aliphatic carbocycles. The number of hydrogen-bond acceptors (Lipinski definition) is 4. The Morgan fingerprint density at radius 1 is 1.05 bits per heavy atom. The third kappa shape index (κ3) is 2.85. The van der Waals surface area contributed by atoms with Crippen molar-refractivity contribution in [3.05, 3.63) is 0 Å². The molecule has 3 atom stereocenters. The van der Waals surface area contributed by atoms with Gasteiger partial charge in [-0.05, 0) is 12.8 Å². The average molecular weight is 298 g/mol. The number of urea groups is 1. The molecule has 2 aliphatic heterocycles. The molecule has 21 heavy (non-hydrogen) atoms. The number of carbonyl (C=O) groups excluding carboxylic acids is 1. The summed E-state index contributed by atoms with van der Waals surface area (Å²) in [6.07, 6.45) is 4.28. The molecule has 0 spiro atoms. The molecule has 7 heteroatoms. The van der Waals surface area contributed by atoms with E-state index >= 15 is 0 Å². The van der Waals surface area contributed by atoms with Crippen molar-refractivity contribution in [3.8, 4) is 0 Å². The summed E-state index contributed by atoms with van der Waals surface area (Å²) in [5, 5.41) is 9.27. The van der Waals surface area contributed by atoms with Gasteiger partial charge in [0.15, 0.2) is 6.04 Å². The van der Waals surface area contributed by atoms with Gasteiger partial charge in [-0.3, -0.25) is 0 Å². The topological polar surface area (TPSA) is 79.3 Å². The summed E-state index contributed by atoms with van der Waals surface area (Å²) in [6.45, 7) is 1.89. The van der Waals surface area contributed by atoms with Crippen LogP contribution in [-0.4, -0.2) is 78.0 Å². The van der Waals surface area contributed by atoms with E-state index in [1.54, 1.807) is 0 Å². The average Bonchev–Trinajstić information content (AvgIpc) is 2.53. The Hall–Kier alpha value is -1.34. The molecule has 3 fully saturated rings. The molecule has 3 rings (SSSR count). The first kappa shape index (κ1) is 14.6. The van der Waals surface area contributed by atoms with Crippen LogP contribution in [0.2, 0.25) is 0 Å². The third-order valence-electron chi connectivity index (χ3n) is 4.64. The van der Waals surface area contributed by atoms with E-state index in [4.69, 9.17) is 9.47 Å². The van der Waals surface area contributed by atoms with E-state index in [-0.39, 0.29) is 24.8 Å². The van der Waals surface area contributed by atoms with Gasteiger partial charge in [0, 0.05) is 13.1 Å². The van der Waals surface area contributed by atoms with Crippen molar-refractivity contribution in [1.29, 1.82) is 0 Å². The minimum Gasteiger partial charge on any atom is -0.480 e. The summed E-state index contributed by atoms with van der Waals surface area (Å²) in [5.41, 5.74) is 0. The molecule has 118 valence electrons. The molecule has 2 amide bonds. The normalized spacial score (nSPS) is 33.4. The minimum atomic E-state index is -1.00. The molecule has 2 saturated heterocycles. The zero-order valence-corrected chi connectivity index (χ0v) is 12.1. The largest absolute Gasteiger partial charge is 0.480 e. The van der Waals surface area contributed by atoms with Gasteiger partial charge in [0.2, 0.25) is 0 Å². The van der Waals surface area contributed by atoms with E-state index in [0.29, 0.717) is 26.3 Å². The number of carboxylic acid groups (broad SMARTS) is 1. The van der Waals surface area contributed by atoms with Crippen LogP contribution in [0.1, 0.15) is 25.7 Å². The molecule has 0 radical (unpaired) electrons. The first-order chi connectivity index (χ1) is 10.2. The Labute approximate surface area is 123 Å². The number of hydrogen-bond donors (Lipinski definition) is 1. The Bertz CT molecular complexity index is 414. The lowest BCUT2D eigenvalue weighted by Crippen LogP contribution is -2.62. The Morgan fingerprint density at radius 2 is 1.81 bits per heavy atom. The Morgan fingerprint density at radius 3 is 2.62 bits per heavy atom. The fourth-order valence-corrected chi connectivity index (χ4v) is 3.54. The number of aliphatic carboxylic acids is 1. The second kappa shape index (κ2) is 6.19. The number of amides is 2. The number of carbonyl (C=O) groups is 2. The molecule has 0 aromatic carbocycles. The van der Waals surface area contributed by atoms with Crippen LogP contribution in [-0.2, 0) is 14.3 Å². The number of fused-ring (bicyclic) bond motifs is 1. The molecule has 0 aromatic rings. The van der Waals surface area contributed by atoms with Crippen LogP contribution in [0.15, 0.2) is 0 Å². The lowest BCUT2D eigenvalue weighted by Gasteiger charge is -2.46. The molecular formula is C14H22N2O5. The zero-order valence-electron chi connectivity index (χ0n) is 12.1. The number of carboxylic acids is 1. The molecule has 0 bridgehead atoms. The van der Waals surface area contributed by atoms with E-state index in [0.717, 1.165) is 25.7 Å². The van der Waals surface area contributed by atoms with Gasteiger partial charge >= 0.3 is 12.0 Å². The summed E-state index contributed by atoms with van der Waals surface area (Å²) in [5.74, 6) is -1.00. The maximum atomic E-state index is 12.8. The molecule has 1 N–H and O–H groups in total. The van der Waals surface area contributed by atoms with Crippen LogP contribution in [0.4, 0.5) is 4.79 Å². The van der Waals surface area contributed by atoms with Crippen molar-refractivity contribution in [2.75, 3.05) is 32.9 Å². The lowest BCUT2D eigenvalue weighted by molar-refractivity contribution is -0.148. The lowest BCUT2D eigenvalue weighted by atomic mass is 9.90. The third-order valence-corrected chi connectivity index (χ3v) is 4.64. The van der Waals surface area contributed by atoms with Crippen molar-refractivity contribution >= 4 is 12.0 Å². The van der Waals surface area contributed by atoms with Crippen LogP contribution in [0.25, 0.3) is 0 Å². The number of nitrogens with zero attached hydrogens (tertiary/aromatic N) is 2. The van der Waals surface area contributed by atoms with Gasteiger partial charge in [-0.15, -0.1) is 0 Å². The van der Waals surface area contributed by atoms with Crippen LogP contribution in [0, 0.1) is 0 Å². The van der Waals surface area contributed by atoms with E-state index < -0.39 is 12.0 Å². The summed E-state index contributed by atoms with van der Waals surface area (Å²) < 4.78 is 11.0. The minimum absolute atomic E-state index is 0.0690. The Kier molecular flexibility index (Phi) is 4.30. The van der Waals surface area contributed by atoms with Crippen LogP contribution < -0.4 is 0 Å². The monoisotopic (exact) mass is 298 g/mol. The predicted octanol–water partition coefficient (Wildman–Crippen LogP) is 0.535. The fraction of sp³-hybridized carbons (Fsp3) is 0.857. The molecule has 2 heterocycles. The predicted molar refractivity (Wildman–Crippen MR) is 73.0 cm³/mol. The number of rotatable bonds is 1. The summed E-state index contributed by atoms with van der Waals surface area (Å²) in [4.78, 5) is 27.4. The number of morpholine rings is 2. The highest BCUT2D eigenvalue weighted by Crippen LogP contribution is 2.29. The van der Waals surface area contributed by atoms with Gasteiger partial charge in [-0.25, -0.2) is 9.59 Å². The van der Waals surface area contributed by atoms with Gasteiger partial charge in [-0.1, -0.05) is 12.8 Å². The Balaban J connectivity index is 1.74. The molecule has 1 saturated carbocycles. The van der Waals surface area contributed by atoms with Crippen molar-refractivity contribution in [3.63, 3.8) is 0 Å². The maximum Gasteiger partial charge on any atom is 0.328 e. The van der Waals surface area contributed by atoms with Gasteiger partial charge in [0.25, 0.3) is 0 Å². The van der Waals surface area contributed by atoms with E-state index in [2.05, 4.69) is 0 Å². The quantitative estimate of drug-likeness (QED) is 0.764. The van der Waals surface area contributed by atoms with Crippen molar-refractivity contribution in [1.82, 2.24) is 9.80 Å².